The summed E-state index contributed by atoms with van der Waals surface area (Å²) < 4.78 is 26.9. The van der Waals surface area contributed by atoms with Crippen molar-refractivity contribution in [2.75, 3.05) is 7.05 Å². The van der Waals surface area contributed by atoms with Crippen molar-refractivity contribution in [2.45, 2.75) is 38.1 Å². The molecule has 0 spiro atoms. The number of hydrogen-bond donors (Lipinski definition) is 2. The molecule has 1 aromatic rings. The zero-order valence-corrected chi connectivity index (χ0v) is 12.3. The fourth-order valence-corrected chi connectivity index (χ4v) is 3.82. The van der Waals surface area contributed by atoms with Crippen LogP contribution in [0, 0.1) is 5.92 Å². The number of hydrogen-bond acceptors (Lipinski definition) is 3. The first kappa shape index (κ1) is 14.5. The predicted octanol–water partition coefficient (Wildman–Crippen LogP) is 1.62. The van der Waals surface area contributed by atoms with Crippen LogP contribution in [-0.4, -0.2) is 21.5 Å². The average Bonchev–Trinajstić information content (AvgIpc) is 3.06. The molecule has 0 radical (unpaired) electrons. The molecule has 1 aromatic carbocycles. The van der Waals surface area contributed by atoms with E-state index in [2.05, 4.69) is 17.0 Å². The van der Waals surface area contributed by atoms with Gasteiger partial charge >= 0.3 is 0 Å². The summed E-state index contributed by atoms with van der Waals surface area (Å²) in [7, 11) is -1.34. The van der Waals surface area contributed by atoms with Gasteiger partial charge in [-0.05, 0) is 30.5 Å². The van der Waals surface area contributed by atoms with Gasteiger partial charge in [0.1, 0.15) is 0 Å². The van der Waals surface area contributed by atoms with E-state index in [1.54, 1.807) is 0 Å². The lowest BCUT2D eigenvalue weighted by molar-refractivity contribution is 0.575. The maximum absolute atomic E-state index is 12.1. The highest BCUT2D eigenvalue weighted by molar-refractivity contribution is 7.88. The number of sulfonamides is 1. The van der Waals surface area contributed by atoms with Crippen LogP contribution in [-0.2, 0) is 22.3 Å². The van der Waals surface area contributed by atoms with E-state index in [0.717, 1.165) is 30.5 Å². The molecule has 106 valence electrons. The first-order valence-electron chi connectivity index (χ1n) is 6.76. The lowest BCUT2D eigenvalue weighted by atomic mass is 10.1. The molecule has 0 saturated heterocycles. The second-order valence-electron chi connectivity index (χ2n) is 5.24. The molecule has 1 saturated carbocycles. The van der Waals surface area contributed by atoms with Gasteiger partial charge in [-0.25, -0.2) is 13.1 Å². The maximum atomic E-state index is 12.1. The Hall–Kier alpha value is -0.910. The summed E-state index contributed by atoms with van der Waals surface area (Å²) in [6.45, 7) is 2.85. The first-order chi connectivity index (χ1) is 9.04. The van der Waals surface area contributed by atoms with Crippen molar-refractivity contribution < 1.29 is 8.42 Å². The topological polar surface area (TPSA) is 58.2 Å². The lowest BCUT2D eigenvalue weighted by Gasteiger charge is -2.08. The summed E-state index contributed by atoms with van der Waals surface area (Å²) in [5.74, 6) is 0.600. The molecule has 0 aromatic heterocycles. The van der Waals surface area contributed by atoms with E-state index >= 15 is 0 Å². The van der Waals surface area contributed by atoms with Gasteiger partial charge in [0.2, 0.25) is 10.0 Å². The maximum Gasteiger partial charge on any atom is 0.216 e. The smallest absolute Gasteiger partial charge is 0.216 e. The summed E-state index contributed by atoms with van der Waals surface area (Å²) in [6, 6.07) is 7.87. The minimum absolute atomic E-state index is 0.0670. The molecule has 1 fully saturated rings. The second-order valence-corrected chi connectivity index (χ2v) is 6.99. The van der Waals surface area contributed by atoms with Gasteiger partial charge in [0.05, 0.1) is 5.75 Å². The Balaban J connectivity index is 1.97. The second kappa shape index (κ2) is 6.03. The van der Waals surface area contributed by atoms with Gasteiger partial charge in [-0.2, -0.15) is 0 Å². The fraction of sp³-hybridized carbons (Fsp3) is 0.571. The van der Waals surface area contributed by atoms with Gasteiger partial charge in [0.15, 0.2) is 0 Å². The number of rotatable bonds is 7. The molecule has 2 atom stereocenters. The monoisotopic (exact) mass is 282 g/mol. The van der Waals surface area contributed by atoms with Crippen molar-refractivity contribution >= 4 is 10.0 Å². The molecule has 0 bridgehead atoms. The van der Waals surface area contributed by atoms with E-state index in [1.807, 2.05) is 31.3 Å². The summed E-state index contributed by atoms with van der Waals surface area (Å²) in [4.78, 5) is 0. The molecule has 0 amide bonds. The molecule has 0 heterocycles. The normalized spacial score (nSPS) is 22.4. The van der Waals surface area contributed by atoms with Gasteiger partial charge in [0.25, 0.3) is 0 Å². The Bertz CT molecular complexity index is 528. The van der Waals surface area contributed by atoms with E-state index < -0.39 is 10.0 Å². The Morgan fingerprint density at radius 3 is 2.68 bits per heavy atom. The van der Waals surface area contributed by atoms with E-state index in [4.69, 9.17) is 0 Å². The van der Waals surface area contributed by atoms with Crippen LogP contribution >= 0.6 is 0 Å². The zero-order valence-electron chi connectivity index (χ0n) is 11.5. The molecule has 2 N–H and O–H groups in total. The zero-order chi connectivity index (χ0) is 13.9. The first-order valence-corrected chi connectivity index (χ1v) is 8.41. The van der Waals surface area contributed by atoms with E-state index in [9.17, 15) is 8.42 Å². The van der Waals surface area contributed by atoms with Crippen molar-refractivity contribution in [3.05, 3.63) is 35.4 Å². The van der Waals surface area contributed by atoms with Crippen molar-refractivity contribution in [1.82, 2.24) is 10.0 Å². The van der Waals surface area contributed by atoms with Crippen LogP contribution in [0.1, 0.15) is 30.9 Å². The molecule has 0 aliphatic heterocycles. The summed E-state index contributed by atoms with van der Waals surface area (Å²) in [6.07, 6.45) is 2.03. The largest absolute Gasteiger partial charge is 0.316 e. The Morgan fingerprint density at radius 2 is 2.05 bits per heavy atom. The van der Waals surface area contributed by atoms with E-state index in [-0.39, 0.29) is 11.8 Å². The molecule has 19 heavy (non-hydrogen) atoms. The highest BCUT2D eigenvalue weighted by Crippen LogP contribution is 2.33. The van der Waals surface area contributed by atoms with E-state index in [0.29, 0.717) is 5.92 Å². The molecule has 5 heteroatoms. The van der Waals surface area contributed by atoms with Crippen molar-refractivity contribution in [1.29, 1.82) is 0 Å². The predicted molar refractivity (Wildman–Crippen MR) is 77.2 cm³/mol. The number of nitrogens with one attached hydrogen (secondary N) is 2. The van der Waals surface area contributed by atoms with Gasteiger partial charge in [-0.15, -0.1) is 0 Å². The third-order valence-electron chi connectivity index (χ3n) is 3.51. The molecule has 1 aliphatic carbocycles. The summed E-state index contributed by atoms with van der Waals surface area (Å²) >= 11 is 0. The van der Waals surface area contributed by atoms with Crippen molar-refractivity contribution in [2.24, 2.45) is 5.92 Å². The highest BCUT2D eigenvalue weighted by Gasteiger charge is 2.38. The van der Waals surface area contributed by atoms with Crippen LogP contribution in [0.5, 0.6) is 0 Å². The lowest BCUT2D eigenvalue weighted by Crippen LogP contribution is -2.28. The van der Waals surface area contributed by atoms with E-state index in [1.165, 1.54) is 0 Å². The van der Waals surface area contributed by atoms with Gasteiger partial charge in [0, 0.05) is 12.6 Å². The van der Waals surface area contributed by atoms with Crippen LogP contribution in [0.15, 0.2) is 24.3 Å². The third-order valence-corrected chi connectivity index (χ3v) is 4.88. The minimum atomic E-state index is -3.22. The molecule has 1 aliphatic rings. The van der Waals surface area contributed by atoms with Crippen LogP contribution in [0.3, 0.4) is 0 Å². The standard InChI is InChI=1S/C14H22N2O2S/c1-3-13-8-14(13)16-19(17,18)10-12-6-4-5-11(7-12)9-15-2/h4-7,13-16H,3,8-10H2,1-2H3. The molecule has 2 rings (SSSR count). The Kier molecular flexibility index (Phi) is 4.60. The minimum Gasteiger partial charge on any atom is -0.316 e. The van der Waals surface area contributed by atoms with Gasteiger partial charge < -0.3 is 5.32 Å². The molecule has 2 unspecified atom stereocenters. The molecular formula is C14H22N2O2S. The number of benzene rings is 1. The van der Waals surface area contributed by atoms with Gasteiger partial charge in [-0.1, -0.05) is 37.6 Å². The SMILES string of the molecule is CCC1CC1NS(=O)(=O)Cc1cccc(CNC)c1. The average molecular weight is 282 g/mol. The van der Waals surface area contributed by atoms with Crippen LogP contribution in [0.25, 0.3) is 0 Å². The summed E-state index contributed by atoms with van der Waals surface area (Å²) in [5.41, 5.74) is 1.95. The molecular weight excluding hydrogens is 260 g/mol. The van der Waals surface area contributed by atoms with Gasteiger partial charge in [-0.3, -0.25) is 0 Å². The van der Waals surface area contributed by atoms with Crippen molar-refractivity contribution in [3.63, 3.8) is 0 Å². The fourth-order valence-electron chi connectivity index (χ4n) is 2.37. The quantitative estimate of drug-likeness (QED) is 0.799. The molecule has 4 nitrogen and oxygen atoms in total. The Labute approximate surface area is 115 Å². The van der Waals surface area contributed by atoms with Crippen LogP contribution in [0.4, 0.5) is 0 Å². The summed E-state index contributed by atoms with van der Waals surface area (Å²) in [5, 5.41) is 3.06. The van der Waals surface area contributed by atoms with Crippen LogP contribution in [0.2, 0.25) is 0 Å². The van der Waals surface area contributed by atoms with Crippen LogP contribution < -0.4 is 10.0 Å². The van der Waals surface area contributed by atoms with Crippen molar-refractivity contribution in [3.8, 4) is 0 Å². The highest BCUT2D eigenvalue weighted by atomic mass is 32.2. The third kappa shape index (κ3) is 4.30. The Morgan fingerprint density at radius 1 is 1.32 bits per heavy atom.